The summed E-state index contributed by atoms with van der Waals surface area (Å²) in [4.78, 5) is 0. The molecule has 0 spiro atoms. The lowest BCUT2D eigenvalue weighted by molar-refractivity contribution is -0.0672. The van der Waals surface area contributed by atoms with Gasteiger partial charge in [-0.15, -0.1) is 0 Å². The lowest BCUT2D eigenvalue weighted by Gasteiger charge is -2.42. The zero-order valence-electron chi connectivity index (χ0n) is 12.7. The third-order valence-corrected chi connectivity index (χ3v) is 4.98. The fourth-order valence-electron chi connectivity index (χ4n) is 3.15. The Balaban J connectivity index is 2.25. The highest BCUT2D eigenvalue weighted by molar-refractivity contribution is 5.33. The number of nitrogens with two attached hydrogens (primary N) is 1. The number of aryl methyl sites for hydroxylation is 2. The van der Waals surface area contributed by atoms with Crippen molar-refractivity contribution in [3.8, 4) is 0 Å². The summed E-state index contributed by atoms with van der Waals surface area (Å²) >= 11 is 0. The van der Waals surface area contributed by atoms with Gasteiger partial charge in [-0.25, -0.2) is 0 Å². The van der Waals surface area contributed by atoms with Crippen LogP contribution in [0.25, 0.3) is 0 Å². The molecule has 0 bridgehead atoms. The monoisotopic (exact) mass is 261 g/mol. The minimum atomic E-state index is -0.172. The van der Waals surface area contributed by atoms with Crippen LogP contribution in [-0.2, 0) is 4.74 Å². The number of hydrogen-bond donors (Lipinski definition) is 1. The lowest BCUT2D eigenvalue weighted by atomic mass is 9.73. The minimum Gasteiger partial charge on any atom is -0.376 e. The Morgan fingerprint density at radius 2 is 1.84 bits per heavy atom. The van der Waals surface area contributed by atoms with Crippen molar-refractivity contribution in [3.05, 3.63) is 34.9 Å². The first-order valence-electron chi connectivity index (χ1n) is 7.36. The normalized spacial score (nSPS) is 29.2. The van der Waals surface area contributed by atoms with Gasteiger partial charge in [0.05, 0.1) is 11.6 Å². The number of methoxy groups -OCH3 is 1. The van der Waals surface area contributed by atoms with E-state index in [1.165, 1.54) is 29.5 Å². The third kappa shape index (κ3) is 2.85. The average Bonchev–Trinajstić information content (AvgIpc) is 2.42. The molecule has 0 saturated heterocycles. The Bertz CT molecular complexity index is 433. The summed E-state index contributed by atoms with van der Waals surface area (Å²) in [6.07, 6.45) is 4.57. The predicted octanol–water partition coefficient (Wildman–Crippen LogP) is 3.90. The van der Waals surface area contributed by atoms with Gasteiger partial charge in [-0.2, -0.15) is 0 Å². The molecule has 0 aliphatic heterocycles. The van der Waals surface area contributed by atoms with Crippen LogP contribution in [0.15, 0.2) is 18.2 Å². The fourth-order valence-corrected chi connectivity index (χ4v) is 3.15. The van der Waals surface area contributed by atoms with Gasteiger partial charge in [0.15, 0.2) is 0 Å². The molecule has 106 valence electrons. The SMILES string of the molecule is COC1(C(N)c2ccc(C)c(C)c2)CCC(C)CC1. The number of ether oxygens (including phenoxy) is 1. The zero-order chi connectivity index (χ0) is 14.0. The van der Waals surface area contributed by atoms with E-state index in [1.54, 1.807) is 0 Å². The largest absolute Gasteiger partial charge is 0.376 e. The van der Waals surface area contributed by atoms with Crippen molar-refractivity contribution in [1.82, 2.24) is 0 Å². The van der Waals surface area contributed by atoms with E-state index < -0.39 is 0 Å². The Morgan fingerprint density at radius 3 is 2.37 bits per heavy atom. The van der Waals surface area contributed by atoms with Gasteiger partial charge in [0.1, 0.15) is 0 Å². The van der Waals surface area contributed by atoms with Crippen LogP contribution in [0, 0.1) is 19.8 Å². The van der Waals surface area contributed by atoms with E-state index in [1.807, 2.05) is 7.11 Å². The van der Waals surface area contributed by atoms with E-state index in [2.05, 4.69) is 39.0 Å². The summed E-state index contributed by atoms with van der Waals surface area (Å²) in [7, 11) is 1.82. The van der Waals surface area contributed by atoms with E-state index in [0.29, 0.717) is 0 Å². The summed E-state index contributed by atoms with van der Waals surface area (Å²) in [6.45, 7) is 6.61. The van der Waals surface area contributed by atoms with Crippen LogP contribution >= 0.6 is 0 Å². The van der Waals surface area contributed by atoms with Crippen molar-refractivity contribution in [2.45, 2.75) is 58.1 Å². The molecule has 0 amide bonds. The van der Waals surface area contributed by atoms with Crippen molar-refractivity contribution in [1.29, 1.82) is 0 Å². The summed E-state index contributed by atoms with van der Waals surface area (Å²) in [5.74, 6) is 0.801. The third-order valence-electron chi connectivity index (χ3n) is 4.98. The molecule has 0 heterocycles. The molecule has 1 aromatic carbocycles. The molecule has 1 saturated carbocycles. The second-order valence-electron chi connectivity index (χ2n) is 6.27. The van der Waals surface area contributed by atoms with Crippen molar-refractivity contribution < 1.29 is 4.74 Å². The van der Waals surface area contributed by atoms with Crippen molar-refractivity contribution in [2.24, 2.45) is 11.7 Å². The van der Waals surface area contributed by atoms with Crippen LogP contribution in [-0.4, -0.2) is 12.7 Å². The lowest BCUT2D eigenvalue weighted by Crippen LogP contribution is -2.45. The first kappa shape index (κ1) is 14.5. The highest BCUT2D eigenvalue weighted by Crippen LogP contribution is 2.41. The van der Waals surface area contributed by atoms with Gasteiger partial charge in [0.2, 0.25) is 0 Å². The van der Waals surface area contributed by atoms with Crippen molar-refractivity contribution in [2.75, 3.05) is 7.11 Å². The van der Waals surface area contributed by atoms with Crippen LogP contribution in [0.2, 0.25) is 0 Å². The van der Waals surface area contributed by atoms with Gasteiger partial charge < -0.3 is 10.5 Å². The maximum atomic E-state index is 6.55. The molecule has 1 aromatic rings. The maximum absolute atomic E-state index is 6.55. The standard InChI is InChI=1S/C17H27NO/c1-12-7-9-17(19-4,10-8-12)16(18)15-6-5-13(2)14(3)11-15/h5-6,11-12,16H,7-10,18H2,1-4H3. The summed E-state index contributed by atoms with van der Waals surface area (Å²) in [5.41, 5.74) is 10.2. The molecule has 1 atom stereocenters. The maximum Gasteiger partial charge on any atom is 0.0870 e. The molecular weight excluding hydrogens is 234 g/mol. The predicted molar refractivity (Wildman–Crippen MR) is 80.2 cm³/mol. The van der Waals surface area contributed by atoms with E-state index >= 15 is 0 Å². The average molecular weight is 261 g/mol. The second-order valence-corrected chi connectivity index (χ2v) is 6.27. The Kier molecular flexibility index (Phi) is 4.32. The Labute approximate surface area is 117 Å². The molecule has 2 nitrogen and oxygen atoms in total. The molecule has 2 heteroatoms. The Hall–Kier alpha value is -0.860. The highest BCUT2D eigenvalue weighted by atomic mass is 16.5. The van der Waals surface area contributed by atoms with Crippen molar-refractivity contribution >= 4 is 0 Å². The number of rotatable bonds is 3. The van der Waals surface area contributed by atoms with Crippen LogP contribution in [0.5, 0.6) is 0 Å². The molecule has 0 radical (unpaired) electrons. The smallest absolute Gasteiger partial charge is 0.0870 e. The molecule has 19 heavy (non-hydrogen) atoms. The van der Waals surface area contributed by atoms with E-state index in [0.717, 1.165) is 18.8 Å². The summed E-state index contributed by atoms with van der Waals surface area (Å²) < 4.78 is 5.89. The first-order chi connectivity index (χ1) is 8.98. The van der Waals surface area contributed by atoms with Gasteiger partial charge in [0, 0.05) is 7.11 Å². The van der Waals surface area contributed by atoms with Crippen LogP contribution in [0.3, 0.4) is 0 Å². The van der Waals surface area contributed by atoms with Gasteiger partial charge in [-0.1, -0.05) is 25.1 Å². The minimum absolute atomic E-state index is 0.0238. The zero-order valence-corrected chi connectivity index (χ0v) is 12.7. The van der Waals surface area contributed by atoms with Crippen LogP contribution in [0.4, 0.5) is 0 Å². The molecule has 1 aliphatic carbocycles. The molecule has 1 unspecified atom stereocenters. The van der Waals surface area contributed by atoms with Crippen LogP contribution < -0.4 is 5.73 Å². The van der Waals surface area contributed by atoms with E-state index in [9.17, 15) is 0 Å². The van der Waals surface area contributed by atoms with Gasteiger partial charge in [-0.05, 0) is 62.1 Å². The van der Waals surface area contributed by atoms with Crippen LogP contribution in [0.1, 0.15) is 55.3 Å². The van der Waals surface area contributed by atoms with E-state index in [-0.39, 0.29) is 11.6 Å². The molecule has 1 aliphatic rings. The number of benzene rings is 1. The molecule has 0 aromatic heterocycles. The van der Waals surface area contributed by atoms with Crippen molar-refractivity contribution in [3.63, 3.8) is 0 Å². The quantitative estimate of drug-likeness (QED) is 0.895. The molecule has 2 N–H and O–H groups in total. The highest BCUT2D eigenvalue weighted by Gasteiger charge is 2.40. The summed E-state index contributed by atoms with van der Waals surface area (Å²) in [5, 5.41) is 0. The topological polar surface area (TPSA) is 35.2 Å². The Morgan fingerprint density at radius 1 is 1.21 bits per heavy atom. The molecule has 1 fully saturated rings. The summed E-state index contributed by atoms with van der Waals surface area (Å²) in [6, 6.07) is 6.52. The van der Waals surface area contributed by atoms with E-state index in [4.69, 9.17) is 10.5 Å². The molecule has 2 rings (SSSR count). The fraction of sp³-hybridized carbons (Fsp3) is 0.647. The second kappa shape index (κ2) is 5.64. The molecular formula is C17H27NO. The first-order valence-corrected chi connectivity index (χ1v) is 7.36. The number of hydrogen-bond acceptors (Lipinski definition) is 2. The van der Waals surface area contributed by atoms with Gasteiger partial charge in [0.25, 0.3) is 0 Å². The van der Waals surface area contributed by atoms with Gasteiger partial charge in [-0.3, -0.25) is 0 Å². The van der Waals surface area contributed by atoms with Gasteiger partial charge >= 0.3 is 0 Å².